The van der Waals surface area contributed by atoms with E-state index in [4.69, 9.17) is 10.5 Å². The van der Waals surface area contributed by atoms with Crippen molar-refractivity contribution in [2.45, 2.75) is 26.3 Å². The van der Waals surface area contributed by atoms with E-state index in [2.05, 4.69) is 34.5 Å². The van der Waals surface area contributed by atoms with Crippen LogP contribution in [0.3, 0.4) is 0 Å². The van der Waals surface area contributed by atoms with Gasteiger partial charge in [0.05, 0.1) is 28.3 Å². The summed E-state index contributed by atoms with van der Waals surface area (Å²) < 4.78 is 7.87. The first-order chi connectivity index (χ1) is 15.4. The van der Waals surface area contributed by atoms with Gasteiger partial charge in [-0.2, -0.15) is 0 Å². The number of nitrogens with one attached hydrogen (secondary N) is 1. The maximum atomic E-state index is 13.0. The van der Waals surface area contributed by atoms with Crippen molar-refractivity contribution in [1.29, 1.82) is 0 Å². The summed E-state index contributed by atoms with van der Waals surface area (Å²) in [4.78, 5) is 27.0. The van der Waals surface area contributed by atoms with Crippen molar-refractivity contribution in [3.8, 4) is 5.75 Å². The number of aromatic nitrogens is 1. The second-order valence-corrected chi connectivity index (χ2v) is 8.50. The summed E-state index contributed by atoms with van der Waals surface area (Å²) in [6.07, 6.45) is 2.45. The highest BCUT2D eigenvalue weighted by atomic mass is 16.5. The van der Waals surface area contributed by atoms with Crippen molar-refractivity contribution >= 4 is 33.9 Å². The Bertz CT molecular complexity index is 1310. The van der Waals surface area contributed by atoms with E-state index in [0.717, 1.165) is 25.2 Å². The van der Waals surface area contributed by atoms with E-state index in [9.17, 15) is 14.7 Å². The van der Waals surface area contributed by atoms with Crippen molar-refractivity contribution < 1.29 is 14.6 Å². The number of carboxylic acid groups (broad SMARTS) is 1. The normalized spacial score (nSPS) is 16.7. The molecule has 3 aromatic rings. The molecule has 1 aromatic heterocycles. The molecule has 8 nitrogen and oxygen atoms in total. The average molecular weight is 434 g/mol. The highest BCUT2D eigenvalue weighted by molar-refractivity contribution is 6.04. The van der Waals surface area contributed by atoms with Gasteiger partial charge in [0.25, 0.3) is 0 Å². The molecule has 5 rings (SSSR count). The first kappa shape index (κ1) is 20.2. The molecule has 2 aromatic carbocycles. The van der Waals surface area contributed by atoms with Crippen LogP contribution in [-0.4, -0.2) is 41.9 Å². The van der Waals surface area contributed by atoms with Crippen LogP contribution in [0.4, 0.5) is 17.1 Å². The van der Waals surface area contributed by atoms with Crippen LogP contribution < -0.4 is 26.1 Å². The molecular weight excluding hydrogens is 408 g/mol. The van der Waals surface area contributed by atoms with Gasteiger partial charge in [-0.25, -0.2) is 4.79 Å². The minimum absolute atomic E-state index is 0.125. The van der Waals surface area contributed by atoms with Gasteiger partial charge in [0.2, 0.25) is 5.43 Å². The number of benzene rings is 2. The van der Waals surface area contributed by atoms with Gasteiger partial charge in [-0.15, -0.1) is 0 Å². The molecule has 166 valence electrons. The Hall–Kier alpha value is -3.68. The zero-order chi connectivity index (χ0) is 22.6. The molecule has 2 aliphatic heterocycles. The molecule has 0 unspecified atom stereocenters. The molecule has 3 heterocycles. The van der Waals surface area contributed by atoms with E-state index in [1.165, 1.54) is 17.4 Å². The number of fused-ring (bicyclic) bond motifs is 1. The van der Waals surface area contributed by atoms with Gasteiger partial charge in [0, 0.05) is 31.5 Å². The lowest BCUT2D eigenvalue weighted by Gasteiger charge is -2.30. The quantitative estimate of drug-likeness (QED) is 0.530. The van der Waals surface area contributed by atoms with Crippen molar-refractivity contribution in [2.24, 2.45) is 0 Å². The Morgan fingerprint density at radius 3 is 2.91 bits per heavy atom. The largest absolute Gasteiger partial charge is 0.487 e. The highest BCUT2D eigenvalue weighted by Gasteiger charge is 2.29. The highest BCUT2D eigenvalue weighted by Crippen LogP contribution is 2.43. The standard InChI is InChI=1S/C24H26N4O4/c1-13-12-32-23-20(26-8-10-27-9-7-15-5-3-4-6-17(15)27)14(2)19(25)18-21(23)28(13)11-16(22(18)29)24(30)31/h3-6,11,13,26H,7-10,12,25H2,1-2H3,(H,30,31)/t13-/m0/s1. The number of nitrogens with two attached hydrogens (primary N) is 1. The number of ether oxygens (including phenoxy) is 1. The van der Waals surface area contributed by atoms with Crippen LogP contribution in [0.2, 0.25) is 0 Å². The van der Waals surface area contributed by atoms with Crippen molar-refractivity contribution in [2.75, 3.05) is 42.2 Å². The fourth-order valence-electron chi connectivity index (χ4n) is 4.82. The summed E-state index contributed by atoms with van der Waals surface area (Å²) >= 11 is 0. The number of carboxylic acids is 1. The second kappa shape index (κ2) is 7.47. The Balaban J connectivity index is 1.54. The Labute approximate surface area is 185 Å². The Morgan fingerprint density at radius 2 is 2.12 bits per heavy atom. The minimum atomic E-state index is -1.26. The fourth-order valence-corrected chi connectivity index (χ4v) is 4.82. The molecule has 8 heteroatoms. The molecule has 0 saturated heterocycles. The summed E-state index contributed by atoms with van der Waals surface area (Å²) in [7, 11) is 0. The van der Waals surface area contributed by atoms with Gasteiger partial charge in [-0.05, 0) is 37.5 Å². The van der Waals surface area contributed by atoms with Crippen LogP contribution in [0.1, 0.15) is 34.5 Å². The van der Waals surface area contributed by atoms with E-state index in [1.54, 1.807) is 4.57 Å². The van der Waals surface area contributed by atoms with Gasteiger partial charge in [-0.1, -0.05) is 18.2 Å². The number of rotatable bonds is 5. The van der Waals surface area contributed by atoms with Crippen LogP contribution in [0.15, 0.2) is 35.3 Å². The van der Waals surface area contributed by atoms with Crippen LogP contribution in [0.5, 0.6) is 5.75 Å². The predicted octanol–water partition coefficient (Wildman–Crippen LogP) is 3.02. The van der Waals surface area contributed by atoms with Gasteiger partial charge >= 0.3 is 5.97 Å². The first-order valence-corrected chi connectivity index (χ1v) is 10.8. The third kappa shape index (κ3) is 2.97. The van der Waals surface area contributed by atoms with E-state index in [1.807, 2.05) is 13.8 Å². The molecule has 0 saturated carbocycles. The van der Waals surface area contributed by atoms with Crippen LogP contribution in [0, 0.1) is 6.92 Å². The number of nitrogens with zero attached hydrogens (tertiary/aromatic N) is 2. The van der Waals surface area contributed by atoms with Crippen molar-refractivity contribution in [3.05, 3.63) is 57.4 Å². The van der Waals surface area contributed by atoms with Gasteiger partial charge in [0.15, 0.2) is 5.75 Å². The molecule has 0 spiro atoms. The molecule has 0 bridgehead atoms. The average Bonchev–Trinajstić information content (AvgIpc) is 3.19. The summed E-state index contributed by atoms with van der Waals surface area (Å²) in [6, 6.07) is 8.32. The topological polar surface area (TPSA) is 110 Å². The summed E-state index contributed by atoms with van der Waals surface area (Å²) in [5.41, 5.74) is 10.5. The SMILES string of the molecule is Cc1c(NCCN2CCc3ccccc32)c2c3c(c1N)c(=O)c(C(=O)O)cn3[C@@H](C)CO2. The molecule has 0 fully saturated rings. The summed E-state index contributed by atoms with van der Waals surface area (Å²) in [5, 5.41) is 13.2. The maximum Gasteiger partial charge on any atom is 0.341 e. The lowest BCUT2D eigenvalue weighted by Crippen LogP contribution is -2.29. The molecule has 0 amide bonds. The Morgan fingerprint density at radius 1 is 1.34 bits per heavy atom. The molecule has 1 atom stereocenters. The fraction of sp³-hybridized carbons (Fsp3) is 0.333. The summed E-state index contributed by atoms with van der Waals surface area (Å²) in [6.45, 7) is 6.60. The number of aromatic carboxylic acids is 1. The second-order valence-electron chi connectivity index (χ2n) is 8.50. The van der Waals surface area contributed by atoms with Gasteiger partial charge < -0.3 is 30.4 Å². The molecule has 0 radical (unpaired) electrons. The van der Waals surface area contributed by atoms with E-state index >= 15 is 0 Å². The molecular formula is C24H26N4O4. The monoisotopic (exact) mass is 434 g/mol. The minimum Gasteiger partial charge on any atom is -0.487 e. The van der Waals surface area contributed by atoms with Gasteiger partial charge in [0.1, 0.15) is 12.2 Å². The van der Waals surface area contributed by atoms with Crippen molar-refractivity contribution in [3.63, 3.8) is 0 Å². The smallest absolute Gasteiger partial charge is 0.341 e. The number of para-hydroxylation sites is 1. The van der Waals surface area contributed by atoms with E-state index in [-0.39, 0.29) is 22.7 Å². The third-order valence-electron chi connectivity index (χ3n) is 6.57. The molecule has 0 aliphatic carbocycles. The Kier molecular flexibility index (Phi) is 4.73. The lowest BCUT2D eigenvalue weighted by atomic mass is 10.0. The van der Waals surface area contributed by atoms with Crippen molar-refractivity contribution in [1.82, 2.24) is 4.57 Å². The lowest BCUT2D eigenvalue weighted by molar-refractivity contribution is 0.0694. The zero-order valence-corrected chi connectivity index (χ0v) is 18.1. The van der Waals surface area contributed by atoms with Crippen LogP contribution >= 0.6 is 0 Å². The number of hydrogen-bond acceptors (Lipinski definition) is 6. The number of pyridine rings is 1. The summed E-state index contributed by atoms with van der Waals surface area (Å²) in [5.74, 6) is -0.702. The van der Waals surface area contributed by atoms with Gasteiger partial charge in [-0.3, -0.25) is 4.79 Å². The molecule has 2 aliphatic rings. The molecule has 4 N–H and O–H groups in total. The van der Waals surface area contributed by atoms with Crippen LogP contribution in [0.25, 0.3) is 10.9 Å². The third-order valence-corrected chi connectivity index (χ3v) is 6.57. The van der Waals surface area contributed by atoms with E-state index in [0.29, 0.717) is 30.0 Å². The number of anilines is 3. The number of nitrogen functional groups attached to an aromatic ring is 1. The zero-order valence-electron chi connectivity index (χ0n) is 18.1. The molecule has 32 heavy (non-hydrogen) atoms. The maximum absolute atomic E-state index is 13.0. The van der Waals surface area contributed by atoms with E-state index < -0.39 is 11.4 Å². The van der Waals surface area contributed by atoms with Crippen LogP contribution in [-0.2, 0) is 6.42 Å². The number of hydrogen-bond donors (Lipinski definition) is 3. The first-order valence-electron chi connectivity index (χ1n) is 10.8. The number of carbonyl (C=O) groups is 1. The predicted molar refractivity (Wildman–Crippen MR) is 125 cm³/mol.